The van der Waals surface area contributed by atoms with Crippen LogP contribution in [0, 0.1) is 40.4 Å². The third-order valence-electron chi connectivity index (χ3n) is 12.8. The van der Waals surface area contributed by atoms with Gasteiger partial charge in [-0.1, -0.05) is 13.8 Å². The van der Waals surface area contributed by atoms with Crippen molar-refractivity contribution in [2.45, 2.75) is 97.4 Å². The molecule has 4 aromatic rings. The van der Waals surface area contributed by atoms with Crippen LogP contribution in [0.3, 0.4) is 0 Å². The predicted molar refractivity (Wildman–Crippen MR) is 243 cm³/mol. The number of nitriles is 2. The normalized spacial score (nSPS) is 19.6. The van der Waals surface area contributed by atoms with Crippen LogP contribution in [0.5, 0.6) is 0 Å². The molecule has 1 unspecified atom stereocenters. The van der Waals surface area contributed by atoms with E-state index in [0.717, 1.165) is 11.8 Å². The number of piperidine rings is 2. The van der Waals surface area contributed by atoms with Crippen LogP contribution in [0.15, 0.2) is 37.2 Å². The molecule has 4 aromatic heterocycles. The van der Waals surface area contributed by atoms with Gasteiger partial charge in [0.05, 0.1) is 35.0 Å². The van der Waals surface area contributed by atoms with Crippen LogP contribution in [0.2, 0.25) is 0 Å². The highest BCUT2D eigenvalue weighted by atomic mass is 16.6. The molecule has 358 valence electrons. The van der Waals surface area contributed by atoms with Crippen LogP contribution in [-0.4, -0.2) is 140 Å². The minimum atomic E-state index is -1.05. The Morgan fingerprint density at radius 3 is 1.96 bits per heavy atom. The quantitative estimate of drug-likeness (QED) is 0.107. The van der Waals surface area contributed by atoms with E-state index >= 15 is 0 Å². The molecule has 0 spiro atoms. The first-order chi connectivity index (χ1) is 32.0. The van der Waals surface area contributed by atoms with Gasteiger partial charge in [0.25, 0.3) is 0 Å². The van der Waals surface area contributed by atoms with Crippen LogP contribution in [-0.2, 0) is 46.9 Å². The van der Waals surface area contributed by atoms with Gasteiger partial charge in [0.15, 0.2) is 13.5 Å². The van der Waals surface area contributed by atoms with E-state index in [4.69, 9.17) is 25.2 Å². The van der Waals surface area contributed by atoms with E-state index in [1.807, 2.05) is 48.2 Å². The number of hydrogen-bond acceptors (Lipinski definition) is 17. The molecular weight excluding hydrogens is 865 g/mol. The number of nitrogens with one attached hydrogen (secondary N) is 1. The zero-order valence-electron chi connectivity index (χ0n) is 39.0. The Bertz CT molecular complexity index is 2510. The SMILES string of the molecule is C[C@@H]1CCN(C(=O)CC#N)C[C@@H]1N(C)c1ncnc2c1ccn2COC(=O)CNC(=O)OC(C)(C)CC1CN(C(=O)CC#N)C[C@H](N(C)c2ncnc3c2ccn3COC(=O)CCCN)[C@@H]1C. The number of likely N-dealkylation sites (N-methyl/N-ethyl adjacent to an activating group) is 2. The fourth-order valence-corrected chi connectivity index (χ4v) is 9.12. The minimum absolute atomic E-state index is 0.0330. The summed E-state index contributed by atoms with van der Waals surface area (Å²) in [6.45, 7) is 9.12. The van der Waals surface area contributed by atoms with Crippen molar-refractivity contribution < 1.29 is 38.2 Å². The van der Waals surface area contributed by atoms with Crippen molar-refractivity contribution in [3.05, 3.63) is 37.2 Å². The molecule has 3 amide bonds. The van der Waals surface area contributed by atoms with Gasteiger partial charge in [0.1, 0.15) is 60.6 Å². The second-order valence-electron chi connectivity index (χ2n) is 17.9. The molecule has 3 N–H and O–H groups in total. The number of carbonyl (C=O) groups is 5. The van der Waals surface area contributed by atoms with Crippen molar-refractivity contribution in [2.24, 2.45) is 23.5 Å². The lowest BCUT2D eigenvalue weighted by atomic mass is 9.77. The van der Waals surface area contributed by atoms with Gasteiger partial charge < -0.3 is 44.9 Å². The topological polar surface area (TPSA) is 273 Å². The Kier molecular flexibility index (Phi) is 16.2. The number of hydrogen-bond donors (Lipinski definition) is 2. The molecule has 2 aliphatic heterocycles. The summed E-state index contributed by atoms with van der Waals surface area (Å²) in [5.74, 6) is -0.333. The third kappa shape index (κ3) is 11.9. The molecule has 22 nitrogen and oxygen atoms in total. The predicted octanol–water partition coefficient (Wildman–Crippen LogP) is 2.91. The average molecular weight is 925 g/mol. The monoisotopic (exact) mass is 924 g/mol. The maximum absolute atomic E-state index is 13.2. The van der Waals surface area contributed by atoms with E-state index in [1.165, 1.54) is 12.7 Å². The summed E-state index contributed by atoms with van der Waals surface area (Å²) in [6, 6.07) is 7.25. The number of anilines is 2. The molecule has 2 saturated heterocycles. The second-order valence-corrected chi connectivity index (χ2v) is 17.9. The van der Waals surface area contributed by atoms with Gasteiger partial charge in [-0.25, -0.2) is 24.7 Å². The summed E-state index contributed by atoms with van der Waals surface area (Å²) in [5.41, 5.74) is 5.56. The van der Waals surface area contributed by atoms with Crippen molar-refractivity contribution in [3.63, 3.8) is 0 Å². The first-order valence-electron chi connectivity index (χ1n) is 22.4. The zero-order valence-corrected chi connectivity index (χ0v) is 39.0. The van der Waals surface area contributed by atoms with Crippen LogP contribution < -0.4 is 20.9 Å². The third-order valence-corrected chi connectivity index (χ3v) is 12.8. The number of likely N-dealkylation sites (tertiary alicyclic amines) is 2. The maximum Gasteiger partial charge on any atom is 0.408 e. The van der Waals surface area contributed by atoms with E-state index in [2.05, 4.69) is 39.1 Å². The van der Waals surface area contributed by atoms with Crippen molar-refractivity contribution in [1.29, 1.82) is 10.5 Å². The fourth-order valence-electron chi connectivity index (χ4n) is 9.12. The van der Waals surface area contributed by atoms with Crippen LogP contribution in [0.25, 0.3) is 22.1 Å². The molecular formula is C45H60N14O8. The van der Waals surface area contributed by atoms with Crippen molar-refractivity contribution in [3.8, 4) is 12.1 Å². The summed E-state index contributed by atoms with van der Waals surface area (Å²) in [5, 5.41) is 22.4. The van der Waals surface area contributed by atoms with Gasteiger partial charge in [-0.2, -0.15) is 10.5 Å². The molecule has 0 aromatic carbocycles. The number of esters is 2. The highest BCUT2D eigenvalue weighted by molar-refractivity contribution is 5.89. The molecule has 67 heavy (non-hydrogen) atoms. The van der Waals surface area contributed by atoms with E-state index in [1.54, 1.807) is 45.2 Å². The van der Waals surface area contributed by atoms with Crippen LogP contribution in [0.1, 0.15) is 66.2 Å². The summed E-state index contributed by atoms with van der Waals surface area (Å²) >= 11 is 0. The molecule has 5 atom stereocenters. The number of alkyl carbamates (subject to hydrolysis) is 1. The number of ether oxygens (including phenoxy) is 3. The van der Waals surface area contributed by atoms with Gasteiger partial charge in [-0.3, -0.25) is 28.3 Å². The molecule has 0 aliphatic carbocycles. The fraction of sp³-hybridized carbons (Fsp3) is 0.578. The lowest BCUT2D eigenvalue weighted by Gasteiger charge is -2.47. The summed E-state index contributed by atoms with van der Waals surface area (Å²) in [6.07, 6.45) is 6.93. The van der Waals surface area contributed by atoms with Crippen molar-refractivity contribution >= 4 is 63.5 Å². The van der Waals surface area contributed by atoms with Crippen molar-refractivity contribution in [2.75, 3.05) is 63.2 Å². The first kappa shape index (κ1) is 49.4. The smallest absolute Gasteiger partial charge is 0.408 e. The van der Waals surface area contributed by atoms with Gasteiger partial charge in [0, 0.05) is 59.1 Å². The van der Waals surface area contributed by atoms with Gasteiger partial charge >= 0.3 is 18.0 Å². The van der Waals surface area contributed by atoms with Crippen LogP contribution in [0.4, 0.5) is 16.4 Å². The van der Waals surface area contributed by atoms with Crippen molar-refractivity contribution in [1.82, 2.24) is 44.2 Å². The zero-order chi connectivity index (χ0) is 48.4. The molecule has 22 heteroatoms. The number of carbonyl (C=O) groups excluding carboxylic acids is 5. The first-order valence-corrected chi connectivity index (χ1v) is 22.4. The summed E-state index contributed by atoms with van der Waals surface area (Å²) in [7, 11) is 3.80. The largest absolute Gasteiger partial charge is 0.444 e. The number of fused-ring (bicyclic) bond motifs is 2. The summed E-state index contributed by atoms with van der Waals surface area (Å²) in [4.78, 5) is 89.4. The van der Waals surface area contributed by atoms with E-state index in [-0.39, 0.29) is 80.3 Å². The highest BCUT2D eigenvalue weighted by Crippen LogP contribution is 2.37. The molecule has 0 bridgehead atoms. The number of rotatable bonds is 18. The summed E-state index contributed by atoms with van der Waals surface area (Å²) < 4.78 is 20.2. The molecule has 6 heterocycles. The molecule has 6 rings (SSSR count). The average Bonchev–Trinajstić information content (AvgIpc) is 3.93. The lowest BCUT2D eigenvalue weighted by Crippen LogP contribution is -2.57. The van der Waals surface area contributed by atoms with Gasteiger partial charge in [-0.15, -0.1) is 0 Å². The minimum Gasteiger partial charge on any atom is -0.444 e. The Labute approximate surface area is 388 Å². The number of nitrogens with zero attached hydrogens (tertiary/aromatic N) is 12. The van der Waals surface area contributed by atoms with E-state index in [9.17, 15) is 29.2 Å². The van der Waals surface area contributed by atoms with Crippen LogP contribution >= 0.6 is 0 Å². The maximum atomic E-state index is 13.2. The van der Waals surface area contributed by atoms with Gasteiger partial charge in [-0.05, 0) is 69.5 Å². The van der Waals surface area contributed by atoms with E-state index < -0.39 is 24.2 Å². The number of aromatic nitrogens is 6. The van der Waals surface area contributed by atoms with Gasteiger partial charge in [0.2, 0.25) is 11.8 Å². The Morgan fingerprint density at radius 2 is 1.37 bits per heavy atom. The second kappa shape index (κ2) is 21.9. The molecule has 0 saturated carbocycles. The highest BCUT2D eigenvalue weighted by Gasteiger charge is 2.42. The number of nitrogens with two attached hydrogens (primary N) is 1. The Morgan fingerprint density at radius 1 is 0.821 bits per heavy atom. The Hall–Kier alpha value is -7.07. The molecule has 2 aliphatic rings. The standard InChI is InChI=1S/C45H60N14O8/c1-29-11-17-56(36(60)9-15-47)23-34(29)54(5)40-32-12-19-58(42(32)52-25-50-40)28-66-39(63)21-49-44(64)67-45(3,4)20-31-22-59(37(61)10-16-48)24-35(30(31)2)55(6)41-33-13-18-57(43(33)53-26-51-41)27-65-38(62)8-7-14-46/h12-13,18-19,25-26,29-31,34-35H,7-11,14,17,20-24,27-28,46H2,1-6H3,(H,49,64)/t29-,30-,31?,34+,35+/m1/s1. The molecule has 2 fully saturated rings. The van der Waals surface area contributed by atoms with E-state index in [0.29, 0.717) is 73.9 Å². The Balaban J connectivity index is 1.05. The number of amides is 3. The lowest BCUT2D eigenvalue weighted by molar-refractivity contribution is -0.147. The molecule has 0 radical (unpaired) electrons.